The molecule has 24 heavy (non-hydrogen) atoms. The third-order valence-electron chi connectivity index (χ3n) is 4.10. The lowest BCUT2D eigenvalue weighted by Gasteiger charge is -2.19. The van der Waals surface area contributed by atoms with E-state index in [0.29, 0.717) is 30.8 Å². The van der Waals surface area contributed by atoms with Crippen molar-refractivity contribution in [2.24, 2.45) is 4.99 Å². The Morgan fingerprint density at radius 1 is 1.33 bits per heavy atom. The Kier molecular flexibility index (Phi) is 6.14. The van der Waals surface area contributed by atoms with Gasteiger partial charge in [0.1, 0.15) is 5.82 Å². The number of hydrogen-bond acceptors (Lipinski definition) is 4. The monoisotopic (exact) mass is 445 g/mol. The van der Waals surface area contributed by atoms with Gasteiger partial charge in [-0.1, -0.05) is 23.4 Å². The number of nitrogens with one attached hydrogen (secondary N) is 2. The molecule has 0 amide bonds. The smallest absolute Gasteiger partial charge is 0.223 e. The number of aromatic nitrogens is 2. The van der Waals surface area contributed by atoms with Crippen LogP contribution in [0.15, 0.2) is 33.8 Å². The molecule has 130 valence electrons. The van der Waals surface area contributed by atoms with Crippen LogP contribution in [0.4, 0.5) is 4.39 Å². The molecular weight excluding hydrogens is 424 g/mol. The van der Waals surface area contributed by atoms with Gasteiger partial charge in [0.25, 0.3) is 0 Å². The van der Waals surface area contributed by atoms with E-state index in [1.807, 2.05) is 12.1 Å². The van der Waals surface area contributed by atoms with E-state index in [4.69, 9.17) is 4.52 Å². The molecule has 0 unspecified atom stereocenters. The lowest BCUT2D eigenvalue weighted by Crippen LogP contribution is -2.41. The maximum Gasteiger partial charge on any atom is 0.223 e. The number of hydrogen-bond donors (Lipinski definition) is 2. The lowest BCUT2D eigenvalue weighted by molar-refractivity contribution is 0.386. The summed E-state index contributed by atoms with van der Waals surface area (Å²) in [5, 5.41) is 10.2. The highest BCUT2D eigenvalue weighted by molar-refractivity contribution is 14.0. The van der Waals surface area contributed by atoms with E-state index in [1.165, 1.54) is 6.07 Å². The van der Waals surface area contributed by atoms with Crippen LogP contribution < -0.4 is 10.6 Å². The Balaban J connectivity index is 0.00000208. The quantitative estimate of drug-likeness (QED) is 0.421. The van der Waals surface area contributed by atoms with E-state index < -0.39 is 0 Å². The minimum absolute atomic E-state index is 0. The molecule has 1 aliphatic rings. The van der Waals surface area contributed by atoms with Crippen LogP contribution in [0.3, 0.4) is 0 Å². The van der Waals surface area contributed by atoms with E-state index >= 15 is 0 Å². The zero-order valence-corrected chi connectivity index (χ0v) is 16.0. The molecule has 1 aliphatic carbocycles. The highest BCUT2D eigenvalue weighted by atomic mass is 127. The number of benzene rings is 1. The average molecular weight is 445 g/mol. The standard InChI is InChI=1S/C16H20FN5O.HI/c1-11-21-14(22-23-11)9-19-15(18-2)20-10-16(7-8-16)12-5-3-4-6-13(12)17;/h3-6H,7-10H2,1-2H3,(H2,18,19,20);1H. The number of nitrogens with zero attached hydrogens (tertiary/aromatic N) is 3. The minimum Gasteiger partial charge on any atom is -0.356 e. The molecule has 2 aromatic rings. The van der Waals surface area contributed by atoms with Crippen LogP contribution in [0.5, 0.6) is 0 Å². The molecule has 0 bridgehead atoms. The van der Waals surface area contributed by atoms with Crippen molar-refractivity contribution in [3.63, 3.8) is 0 Å². The number of guanidine groups is 1. The van der Waals surface area contributed by atoms with E-state index in [1.54, 1.807) is 20.0 Å². The summed E-state index contributed by atoms with van der Waals surface area (Å²) < 4.78 is 18.9. The van der Waals surface area contributed by atoms with Gasteiger partial charge in [0.2, 0.25) is 5.89 Å². The third kappa shape index (κ3) is 4.22. The number of aryl methyl sites for hydroxylation is 1. The first-order valence-electron chi connectivity index (χ1n) is 7.62. The van der Waals surface area contributed by atoms with Gasteiger partial charge in [-0.15, -0.1) is 24.0 Å². The molecule has 0 spiro atoms. The van der Waals surface area contributed by atoms with Gasteiger partial charge >= 0.3 is 0 Å². The van der Waals surface area contributed by atoms with Crippen LogP contribution in [0.1, 0.15) is 30.1 Å². The summed E-state index contributed by atoms with van der Waals surface area (Å²) in [5.74, 6) is 1.59. The summed E-state index contributed by atoms with van der Waals surface area (Å²) in [4.78, 5) is 8.30. The molecule has 1 saturated carbocycles. The van der Waals surface area contributed by atoms with Gasteiger partial charge < -0.3 is 15.2 Å². The Morgan fingerprint density at radius 2 is 2.08 bits per heavy atom. The Morgan fingerprint density at radius 3 is 2.67 bits per heavy atom. The highest BCUT2D eigenvalue weighted by Crippen LogP contribution is 2.48. The zero-order chi connectivity index (χ0) is 16.3. The van der Waals surface area contributed by atoms with Gasteiger partial charge in [0, 0.05) is 25.9 Å². The van der Waals surface area contributed by atoms with Crippen LogP contribution in [-0.2, 0) is 12.0 Å². The molecule has 1 aromatic heterocycles. The largest absolute Gasteiger partial charge is 0.356 e. The minimum atomic E-state index is -0.142. The van der Waals surface area contributed by atoms with Crippen LogP contribution in [0.25, 0.3) is 0 Å². The normalized spacial score (nSPS) is 15.5. The molecule has 1 aromatic carbocycles. The molecule has 0 radical (unpaired) electrons. The van der Waals surface area contributed by atoms with E-state index in [-0.39, 0.29) is 35.2 Å². The van der Waals surface area contributed by atoms with Crippen molar-refractivity contribution < 1.29 is 8.91 Å². The number of halogens is 2. The molecule has 0 aliphatic heterocycles. The topological polar surface area (TPSA) is 75.3 Å². The summed E-state index contributed by atoms with van der Waals surface area (Å²) in [6.07, 6.45) is 1.95. The van der Waals surface area contributed by atoms with Crippen molar-refractivity contribution >= 4 is 29.9 Å². The third-order valence-corrected chi connectivity index (χ3v) is 4.10. The predicted octanol–water partition coefficient (Wildman–Crippen LogP) is 2.53. The second-order valence-corrected chi connectivity index (χ2v) is 5.77. The molecule has 2 N–H and O–H groups in total. The highest BCUT2D eigenvalue weighted by Gasteiger charge is 2.45. The van der Waals surface area contributed by atoms with Gasteiger partial charge in [-0.25, -0.2) is 4.39 Å². The molecule has 8 heteroatoms. The molecule has 0 atom stereocenters. The summed E-state index contributed by atoms with van der Waals surface area (Å²) in [7, 11) is 1.69. The second kappa shape index (κ2) is 7.91. The van der Waals surface area contributed by atoms with Crippen molar-refractivity contribution in [3.05, 3.63) is 47.4 Å². The fourth-order valence-corrected chi connectivity index (χ4v) is 2.63. The van der Waals surface area contributed by atoms with Crippen LogP contribution >= 0.6 is 24.0 Å². The first-order valence-corrected chi connectivity index (χ1v) is 7.62. The first kappa shape index (κ1) is 18.6. The predicted molar refractivity (Wildman–Crippen MR) is 100.0 cm³/mol. The van der Waals surface area contributed by atoms with Crippen molar-refractivity contribution in [3.8, 4) is 0 Å². The fraction of sp³-hybridized carbons (Fsp3) is 0.438. The summed E-state index contributed by atoms with van der Waals surface area (Å²) in [5.41, 5.74) is 0.642. The summed E-state index contributed by atoms with van der Waals surface area (Å²) >= 11 is 0. The maximum absolute atomic E-state index is 14.0. The molecule has 3 rings (SSSR count). The first-order chi connectivity index (χ1) is 11.1. The Hall–Kier alpha value is -1.71. The summed E-state index contributed by atoms with van der Waals surface area (Å²) in [6, 6.07) is 6.98. The average Bonchev–Trinajstić information content (AvgIpc) is 3.22. The maximum atomic E-state index is 14.0. The van der Waals surface area contributed by atoms with Crippen molar-refractivity contribution in [2.75, 3.05) is 13.6 Å². The molecule has 1 fully saturated rings. The number of rotatable bonds is 5. The molecule has 1 heterocycles. The van der Waals surface area contributed by atoms with Gasteiger partial charge in [-0.3, -0.25) is 4.99 Å². The Bertz CT molecular complexity index is 714. The SMILES string of the molecule is CN=C(NCc1noc(C)n1)NCC1(c2ccccc2F)CC1.I. The van der Waals surface area contributed by atoms with Crippen LogP contribution in [0, 0.1) is 12.7 Å². The Labute approximate surface area is 157 Å². The van der Waals surface area contributed by atoms with E-state index in [0.717, 1.165) is 18.4 Å². The fourth-order valence-electron chi connectivity index (χ4n) is 2.63. The van der Waals surface area contributed by atoms with Gasteiger partial charge in [0.05, 0.1) is 6.54 Å². The lowest BCUT2D eigenvalue weighted by atomic mass is 9.95. The van der Waals surface area contributed by atoms with Gasteiger partial charge in [-0.2, -0.15) is 4.98 Å². The van der Waals surface area contributed by atoms with E-state index in [9.17, 15) is 4.39 Å². The van der Waals surface area contributed by atoms with Crippen molar-refractivity contribution in [1.29, 1.82) is 0 Å². The van der Waals surface area contributed by atoms with E-state index in [2.05, 4.69) is 25.8 Å². The van der Waals surface area contributed by atoms with Crippen molar-refractivity contribution in [1.82, 2.24) is 20.8 Å². The summed E-state index contributed by atoms with van der Waals surface area (Å²) in [6.45, 7) is 2.80. The number of aliphatic imine (C=N–C) groups is 1. The van der Waals surface area contributed by atoms with Gasteiger partial charge in [-0.05, 0) is 24.5 Å². The van der Waals surface area contributed by atoms with Crippen LogP contribution in [-0.4, -0.2) is 29.7 Å². The molecule has 0 saturated heterocycles. The van der Waals surface area contributed by atoms with Crippen LogP contribution in [0.2, 0.25) is 0 Å². The van der Waals surface area contributed by atoms with Crippen molar-refractivity contribution in [2.45, 2.75) is 31.7 Å². The molecular formula is C16H21FIN5O. The molecule has 6 nitrogen and oxygen atoms in total. The van der Waals surface area contributed by atoms with Gasteiger partial charge in [0.15, 0.2) is 11.8 Å². The second-order valence-electron chi connectivity index (χ2n) is 5.77. The zero-order valence-electron chi connectivity index (χ0n) is 13.7.